The van der Waals surface area contributed by atoms with Gasteiger partial charge in [0.05, 0.1) is 6.04 Å². The standard InChI is InChI=1S/C12H15N5O/c1-7(13)12(18)15-10-5-3-4-9(6-10)11-14-8(2)16-17-11/h3-7H,13H2,1-2H3,(H,15,18)(H,14,16,17)/t7-/m1/s1. The van der Waals surface area contributed by atoms with Crippen LogP contribution in [0.1, 0.15) is 12.7 Å². The second kappa shape index (κ2) is 4.97. The lowest BCUT2D eigenvalue weighted by Crippen LogP contribution is -2.32. The number of carbonyl (C=O) groups excluding carboxylic acids is 1. The first-order valence-corrected chi connectivity index (χ1v) is 5.62. The summed E-state index contributed by atoms with van der Waals surface area (Å²) in [6, 6.07) is 6.77. The van der Waals surface area contributed by atoms with E-state index in [0.29, 0.717) is 11.5 Å². The molecule has 2 aromatic rings. The minimum Gasteiger partial charge on any atom is -0.325 e. The molecule has 1 heterocycles. The zero-order valence-corrected chi connectivity index (χ0v) is 10.3. The van der Waals surface area contributed by atoms with Crippen LogP contribution in [0.5, 0.6) is 0 Å². The number of nitrogens with zero attached hydrogens (tertiary/aromatic N) is 2. The van der Waals surface area contributed by atoms with Gasteiger partial charge in [0.1, 0.15) is 5.82 Å². The highest BCUT2D eigenvalue weighted by molar-refractivity contribution is 5.94. The number of nitrogens with two attached hydrogens (primary N) is 1. The topological polar surface area (TPSA) is 96.7 Å². The van der Waals surface area contributed by atoms with Crippen molar-refractivity contribution in [1.82, 2.24) is 15.2 Å². The maximum Gasteiger partial charge on any atom is 0.240 e. The van der Waals surface area contributed by atoms with E-state index in [-0.39, 0.29) is 5.91 Å². The van der Waals surface area contributed by atoms with Crippen molar-refractivity contribution in [3.8, 4) is 11.4 Å². The Morgan fingerprint density at radius 2 is 2.28 bits per heavy atom. The van der Waals surface area contributed by atoms with E-state index in [1.807, 2.05) is 25.1 Å². The van der Waals surface area contributed by atoms with Gasteiger partial charge in [-0.3, -0.25) is 9.89 Å². The SMILES string of the molecule is Cc1nc(-c2cccc(NC(=O)[C@@H](C)N)c2)n[nH]1. The Bertz CT molecular complexity index is 561. The molecule has 1 aromatic carbocycles. The number of anilines is 1. The summed E-state index contributed by atoms with van der Waals surface area (Å²) in [6.45, 7) is 3.47. The monoisotopic (exact) mass is 245 g/mol. The number of hydrogen-bond acceptors (Lipinski definition) is 4. The van der Waals surface area contributed by atoms with Crippen molar-refractivity contribution < 1.29 is 4.79 Å². The van der Waals surface area contributed by atoms with E-state index in [4.69, 9.17) is 5.73 Å². The minimum absolute atomic E-state index is 0.224. The Balaban J connectivity index is 2.23. The van der Waals surface area contributed by atoms with Crippen LogP contribution in [0.3, 0.4) is 0 Å². The van der Waals surface area contributed by atoms with Crippen molar-refractivity contribution in [1.29, 1.82) is 0 Å². The van der Waals surface area contributed by atoms with Crippen LogP contribution >= 0.6 is 0 Å². The number of rotatable bonds is 3. The van der Waals surface area contributed by atoms with Gasteiger partial charge in [0, 0.05) is 11.3 Å². The molecule has 94 valence electrons. The Hall–Kier alpha value is -2.21. The highest BCUT2D eigenvalue weighted by Crippen LogP contribution is 2.19. The summed E-state index contributed by atoms with van der Waals surface area (Å²) >= 11 is 0. The minimum atomic E-state index is -0.542. The summed E-state index contributed by atoms with van der Waals surface area (Å²) in [5.74, 6) is 1.12. The van der Waals surface area contributed by atoms with Crippen LogP contribution in [-0.2, 0) is 4.79 Å². The lowest BCUT2D eigenvalue weighted by molar-refractivity contribution is -0.117. The number of hydrogen-bond donors (Lipinski definition) is 3. The first-order chi connectivity index (χ1) is 8.56. The Morgan fingerprint density at radius 3 is 2.89 bits per heavy atom. The lowest BCUT2D eigenvalue weighted by Gasteiger charge is -2.08. The molecule has 0 bridgehead atoms. The van der Waals surface area contributed by atoms with Gasteiger partial charge in [-0.15, -0.1) is 0 Å². The third kappa shape index (κ3) is 2.72. The number of aryl methyl sites for hydroxylation is 1. The summed E-state index contributed by atoms with van der Waals surface area (Å²) < 4.78 is 0. The average Bonchev–Trinajstić information content (AvgIpc) is 2.76. The van der Waals surface area contributed by atoms with Gasteiger partial charge in [-0.1, -0.05) is 12.1 Å². The molecule has 4 N–H and O–H groups in total. The highest BCUT2D eigenvalue weighted by Gasteiger charge is 2.09. The van der Waals surface area contributed by atoms with Gasteiger partial charge < -0.3 is 11.1 Å². The molecule has 2 rings (SSSR count). The van der Waals surface area contributed by atoms with Crippen molar-refractivity contribution in [2.24, 2.45) is 5.73 Å². The first kappa shape index (κ1) is 12.3. The van der Waals surface area contributed by atoms with Gasteiger partial charge in [-0.05, 0) is 26.0 Å². The molecule has 0 radical (unpaired) electrons. The van der Waals surface area contributed by atoms with Crippen LogP contribution in [0.25, 0.3) is 11.4 Å². The zero-order chi connectivity index (χ0) is 13.1. The largest absolute Gasteiger partial charge is 0.325 e. The molecule has 6 nitrogen and oxygen atoms in total. The molecule has 0 unspecified atom stereocenters. The molecule has 0 saturated heterocycles. The van der Waals surface area contributed by atoms with Crippen LogP contribution in [0, 0.1) is 6.92 Å². The molecule has 1 aromatic heterocycles. The number of nitrogens with one attached hydrogen (secondary N) is 2. The number of aromatic amines is 1. The van der Waals surface area contributed by atoms with E-state index in [2.05, 4.69) is 20.5 Å². The number of carbonyl (C=O) groups is 1. The second-order valence-corrected chi connectivity index (χ2v) is 4.10. The van der Waals surface area contributed by atoms with Crippen LogP contribution < -0.4 is 11.1 Å². The van der Waals surface area contributed by atoms with Gasteiger partial charge in [0.2, 0.25) is 5.91 Å². The number of aromatic nitrogens is 3. The van der Waals surface area contributed by atoms with Crippen molar-refractivity contribution in [3.63, 3.8) is 0 Å². The lowest BCUT2D eigenvalue weighted by atomic mass is 10.2. The van der Waals surface area contributed by atoms with Gasteiger partial charge in [0.15, 0.2) is 5.82 Å². The highest BCUT2D eigenvalue weighted by atomic mass is 16.2. The molecule has 0 spiro atoms. The number of benzene rings is 1. The molecule has 0 saturated carbocycles. The summed E-state index contributed by atoms with van der Waals surface area (Å²) in [5.41, 5.74) is 7.01. The van der Waals surface area contributed by atoms with E-state index in [1.165, 1.54) is 0 Å². The molecule has 1 atom stereocenters. The van der Waals surface area contributed by atoms with E-state index in [1.54, 1.807) is 13.0 Å². The van der Waals surface area contributed by atoms with E-state index >= 15 is 0 Å². The van der Waals surface area contributed by atoms with Crippen LogP contribution in [-0.4, -0.2) is 27.1 Å². The van der Waals surface area contributed by atoms with Crippen LogP contribution in [0.4, 0.5) is 5.69 Å². The summed E-state index contributed by atoms with van der Waals surface area (Å²) in [5, 5.41) is 9.57. The Labute approximate surface area is 105 Å². The van der Waals surface area contributed by atoms with Crippen molar-refractivity contribution >= 4 is 11.6 Å². The molecule has 0 fully saturated rings. The first-order valence-electron chi connectivity index (χ1n) is 5.62. The van der Waals surface area contributed by atoms with Gasteiger partial charge in [0.25, 0.3) is 0 Å². The fraction of sp³-hybridized carbons (Fsp3) is 0.250. The molecular weight excluding hydrogens is 230 g/mol. The summed E-state index contributed by atoms with van der Waals surface area (Å²) in [4.78, 5) is 15.7. The smallest absolute Gasteiger partial charge is 0.240 e. The molecular formula is C12H15N5O. The van der Waals surface area contributed by atoms with Gasteiger partial charge in [-0.2, -0.15) is 5.10 Å². The second-order valence-electron chi connectivity index (χ2n) is 4.10. The summed E-state index contributed by atoms with van der Waals surface area (Å²) in [6.07, 6.45) is 0. The molecule has 1 amide bonds. The van der Waals surface area contributed by atoms with Crippen LogP contribution in [0.2, 0.25) is 0 Å². The number of H-pyrrole nitrogens is 1. The molecule has 6 heteroatoms. The van der Waals surface area contributed by atoms with Crippen molar-refractivity contribution in [2.45, 2.75) is 19.9 Å². The van der Waals surface area contributed by atoms with E-state index in [0.717, 1.165) is 11.4 Å². The number of amides is 1. The molecule has 0 aliphatic rings. The van der Waals surface area contributed by atoms with E-state index < -0.39 is 6.04 Å². The third-order valence-corrected chi connectivity index (χ3v) is 2.40. The fourth-order valence-electron chi connectivity index (χ4n) is 1.46. The van der Waals surface area contributed by atoms with Crippen molar-refractivity contribution in [3.05, 3.63) is 30.1 Å². The van der Waals surface area contributed by atoms with Gasteiger partial charge in [-0.25, -0.2) is 4.98 Å². The predicted molar refractivity (Wildman–Crippen MR) is 68.8 cm³/mol. The fourth-order valence-corrected chi connectivity index (χ4v) is 1.46. The maximum atomic E-state index is 11.5. The zero-order valence-electron chi connectivity index (χ0n) is 10.3. The predicted octanol–water partition coefficient (Wildman–Crippen LogP) is 1.07. The molecule has 18 heavy (non-hydrogen) atoms. The summed E-state index contributed by atoms with van der Waals surface area (Å²) in [7, 11) is 0. The van der Waals surface area contributed by atoms with E-state index in [9.17, 15) is 4.79 Å². The molecule has 0 aliphatic carbocycles. The maximum absolute atomic E-state index is 11.5. The third-order valence-electron chi connectivity index (χ3n) is 2.40. The Kier molecular flexibility index (Phi) is 3.38. The normalized spacial score (nSPS) is 12.2. The van der Waals surface area contributed by atoms with Gasteiger partial charge >= 0.3 is 0 Å². The van der Waals surface area contributed by atoms with Crippen molar-refractivity contribution in [2.75, 3.05) is 5.32 Å². The van der Waals surface area contributed by atoms with Crippen LogP contribution in [0.15, 0.2) is 24.3 Å². The quantitative estimate of drug-likeness (QED) is 0.753. The Morgan fingerprint density at radius 1 is 1.50 bits per heavy atom. The average molecular weight is 245 g/mol. The molecule has 0 aliphatic heterocycles.